The molecule has 9 heteroatoms. The largest absolute Gasteiger partial charge is 0.468 e. The number of methoxy groups -OCH3 is 1. The molecular formula is C19H20N2O7. The topological polar surface area (TPSA) is 124 Å². The molecule has 148 valence electrons. The van der Waals surface area contributed by atoms with Gasteiger partial charge >= 0.3 is 11.9 Å². The van der Waals surface area contributed by atoms with E-state index in [2.05, 4.69) is 15.4 Å². The molecule has 1 aromatic carbocycles. The van der Waals surface area contributed by atoms with E-state index < -0.39 is 36.4 Å². The highest BCUT2D eigenvalue weighted by atomic mass is 16.5. The molecule has 0 aliphatic heterocycles. The number of amides is 2. The van der Waals surface area contributed by atoms with Crippen molar-refractivity contribution < 1.29 is 33.1 Å². The van der Waals surface area contributed by atoms with E-state index in [9.17, 15) is 19.2 Å². The molecule has 0 aliphatic rings. The van der Waals surface area contributed by atoms with Gasteiger partial charge in [0.15, 0.2) is 12.4 Å². The molecule has 0 aliphatic carbocycles. The van der Waals surface area contributed by atoms with Gasteiger partial charge in [-0.15, -0.1) is 0 Å². The lowest BCUT2D eigenvalue weighted by Crippen LogP contribution is -2.44. The molecule has 1 aromatic heterocycles. The molecule has 0 saturated carbocycles. The molecule has 0 fully saturated rings. The van der Waals surface area contributed by atoms with Crippen LogP contribution in [-0.4, -0.2) is 50.1 Å². The second kappa shape index (κ2) is 10.5. The van der Waals surface area contributed by atoms with Gasteiger partial charge in [0.2, 0.25) is 0 Å². The Bertz CT molecular complexity index is 803. The predicted molar refractivity (Wildman–Crippen MR) is 96.1 cm³/mol. The van der Waals surface area contributed by atoms with Crippen LogP contribution in [-0.2, 0) is 30.3 Å². The molecule has 0 radical (unpaired) electrons. The number of benzene rings is 1. The Labute approximate surface area is 161 Å². The van der Waals surface area contributed by atoms with Crippen molar-refractivity contribution in [3.05, 3.63) is 60.1 Å². The zero-order valence-corrected chi connectivity index (χ0v) is 15.2. The van der Waals surface area contributed by atoms with Crippen LogP contribution in [0, 0.1) is 0 Å². The summed E-state index contributed by atoms with van der Waals surface area (Å²) in [6.45, 7) is -0.937. The maximum atomic E-state index is 12.4. The minimum atomic E-state index is -1.03. The van der Waals surface area contributed by atoms with E-state index in [1.807, 2.05) is 6.07 Å². The Balaban J connectivity index is 1.97. The van der Waals surface area contributed by atoms with Gasteiger partial charge in [0.25, 0.3) is 11.8 Å². The smallest absolute Gasteiger partial charge is 0.329 e. The van der Waals surface area contributed by atoms with Gasteiger partial charge in [-0.3, -0.25) is 14.4 Å². The van der Waals surface area contributed by atoms with Crippen LogP contribution in [0.4, 0.5) is 0 Å². The van der Waals surface area contributed by atoms with Crippen LogP contribution in [0.25, 0.3) is 0 Å². The molecule has 0 unspecified atom stereocenters. The number of hydrogen-bond acceptors (Lipinski definition) is 7. The lowest BCUT2D eigenvalue weighted by Gasteiger charge is -2.17. The summed E-state index contributed by atoms with van der Waals surface area (Å²) in [5.41, 5.74) is 0.791. The van der Waals surface area contributed by atoms with Crippen LogP contribution >= 0.6 is 0 Å². The van der Waals surface area contributed by atoms with Crippen molar-refractivity contribution >= 4 is 23.8 Å². The van der Waals surface area contributed by atoms with Crippen molar-refractivity contribution in [2.24, 2.45) is 0 Å². The number of furan rings is 1. The Kier molecular flexibility index (Phi) is 7.77. The maximum absolute atomic E-state index is 12.4. The van der Waals surface area contributed by atoms with Gasteiger partial charge in [0.05, 0.1) is 13.4 Å². The summed E-state index contributed by atoms with van der Waals surface area (Å²) in [4.78, 5) is 47.3. The van der Waals surface area contributed by atoms with E-state index in [4.69, 9.17) is 9.15 Å². The SMILES string of the molecule is COC(=O)CNC(=O)COC(=O)[C@H](Cc1ccccc1)NC(=O)c1ccco1. The molecular weight excluding hydrogens is 368 g/mol. The number of rotatable bonds is 9. The second-order valence-corrected chi connectivity index (χ2v) is 5.65. The first kappa shape index (κ1) is 20.7. The Hall–Kier alpha value is -3.62. The molecule has 2 rings (SSSR count). The summed E-state index contributed by atoms with van der Waals surface area (Å²) in [6.07, 6.45) is 1.50. The fraction of sp³-hybridized carbons (Fsp3) is 0.263. The standard InChI is InChI=1S/C19H20N2O7/c1-26-17(23)11-20-16(22)12-28-19(25)14(10-13-6-3-2-4-7-13)21-18(24)15-8-5-9-27-15/h2-9,14H,10-12H2,1H3,(H,20,22)(H,21,24)/t14-/m0/s1. The third-order valence-corrected chi connectivity index (χ3v) is 3.62. The number of esters is 2. The molecule has 1 atom stereocenters. The quantitative estimate of drug-likeness (QED) is 0.598. The first-order chi connectivity index (χ1) is 13.5. The highest BCUT2D eigenvalue weighted by molar-refractivity contribution is 5.95. The van der Waals surface area contributed by atoms with Gasteiger partial charge in [-0.05, 0) is 17.7 Å². The summed E-state index contributed by atoms with van der Waals surface area (Å²) in [6, 6.07) is 11.0. The van der Waals surface area contributed by atoms with Crippen LogP contribution in [0.5, 0.6) is 0 Å². The summed E-state index contributed by atoms with van der Waals surface area (Å²) in [7, 11) is 1.18. The molecule has 0 spiro atoms. The van der Waals surface area contributed by atoms with Crippen molar-refractivity contribution in [1.29, 1.82) is 0 Å². The van der Waals surface area contributed by atoms with E-state index >= 15 is 0 Å². The minimum absolute atomic E-state index is 0.0432. The Morgan fingerprint density at radius 1 is 1.07 bits per heavy atom. The van der Waals surface area contributed by atoms with Crippen LogP contribution in [0.2, 0.25) is 0 Å². The van der Waals surface area contributed by atoms with Gasteiger partial charge in [0, 0.05) is 6.42 Å². The number of nitrogens with one attached hydrogen (secondary N) is 2. The zero-order chi connectivity index (χ0) is 20.4. The Morgan fingerprint density at radius 2 is 1.82 bits per heavy atom. The van der Waals surface area contributed by atoms with Gasteiger partial charge in [-0.2, -0.15) is 0 Å². The number of hydrogen-bond donors (Lipinski definition) is 2. The average Bonchev–Trinajstić information content (AvgIpc) is 3.25. The van der Waals surface area contributed by atoms with Gasteiger partial charge in [0.1, 0.15) is 12.6 Å². The molecule has 0 saturated heterocycles. The van der Waals surface area contributed by atoms with E-state index in [0.29, 0.717) is 0 Å². The number of carbonyl (C=O) groups excluding carboxylic acids is 4. The third-order valence-electron chi connectivity index (χ3n) is 3.62. The zero-order valence-electron chi connectivity index (χ0n) is 15.2. The number of carbonyl (C=O) groups is 4. The van der Waals surface area contributed by atoms with Crippen molar-refractivity contribution in [2.75, 3.05) is 20.3 Å². The van der Waals surface area contributed by atoms with Gasteiger partial charge < -0.3 is 24.5 Å². The predicted octanol–water partition coefficient (Wildman–Crippen LogP) is 0.453. The normalized spacial score (nSPS) is 11.2. The van der Waals surface area contributed by atoms with Crippen molar-refractivity contribution in [3.8, 4) is 0 Å². The summed E-state index contributed by atoms with van der Waals surface area (Å²) >= 11 is 0. The lowest BCUT2D eigenvalue weighted by atomic mass is 10.1. The number of ether oxygens (including phenoxy) is 2. The summed E-state index contributed by atoms with van der Waals surface area (Å²) < 4.78 is 14.4. The van der Waals surface area contributed by atoms with Crippen molar-refractivity contribution in [3.63, 3.8) is 0 Å². The van der Waals surface area contributed by atoms with Crippen LogP contribution in [0.3, 0.4) is 0 Å². The third kappa shape index (κ3) is 6.60. The van der Waals surface area contributed by atoms with Crippen LogP contribution in [0.1, 0.15) is 16.1 Å². The first-order valence-corrected chi connectivity index (χ1v) is 8.38. The molecule has 2 N–H and O–H groups in total. The average molecular weight is 388 g/mol. The molecule has 1 heterocycles. The van der Waals surface area contributed by atoms with Crippen molar-refractivity contribution in [1.82, 2.24) is 10.6 Å². The van der Waals surface area contributed by atoms with E-state index in [0.717, 1.165) is 5.56 Å². The molecule has 2 amide bonds. The Morgan fingerprint density at radius 3 is 2.46 bits per heavy atom. The minimum Gasteiger partial charge on any atom is -0.468 e. The van der Waals surface area contributed by atoms with Gasteiger partial charge in [-0.1, -0.05) is 30.3 Å². The molecule has 28 heavy (non-hydrogen) atoms. The molecule has 0 bridgehead atoms. The highest BCUT2D eigenvalue weighted by Gasteiger charge is 2.25. The van der Waals surface area contributed by atoms with E-state index in [1.54, 1.807) is 30.3 Å². The summed E-state index contributed by atoms with van der Waals surface area (Å²) in [5.74, 6) is -2.64. The second-order valence-electron chi connectivity index (χ2n) is 5.65. The lowest BCUT2D eigenvalue weighted by molar-refractivity contribution is -0.150. The first-order valence-electron chi connectivity index (χ1n) is 8.38. The van der Waals surface area contributed by atoms with E-state index in [-0.39, 0.29) is 18.7 Å². The monoisotopic (exact) mass is 388 g/mol. The summed E-state index contributed by atoms with van der Waals surface area (Å²) in [5, 5.41) is 4.79. The fourth-order valence-electron chi connectivity index (χ4n) is 2.21. The van der Waals surface area contributed by atoms with Crippen molar-refractivity contribution in [2.45, 2.75) is 12.5 Å². The van der Waals surface area contributed by atoms with Gasteiger partial charge in [-0.25, -0.2) is 4.79 Å². The van der Waals surface area contributed by atoms with Crippen LogP contribution in [0.15, 0.2) is 53.1 Å². The van der Waals surface area contributed by atoms with Crippen LogP contribution < -0.4 is 10.6 Å². The maximum Gasteiger partial charge on any atom is 0.329 e. The van der Waals surface area contributed by atoms with E-state index in [1.165, 1.54) is 19.4 Å². The fourth-order valence-corrected chi connectivity index (χ4v) is 2.21. The molecule has 2 aromatic rings. The highest BCUT2D eigenvalue weighted by Crippen LogP contribution is 2.07. The molecule has 9 nitrogen and oxygen atoms in total.